The van der Waals surface area contributed by atoms with Crippen LogP contribution in [-0.2, 0) is 4.79 Å². The largest absolute Gasteiger partial charge is 0.396 e. The number of aliphatic hydroxyl groups is 1. The fourth-order valence-electron chi connectivity index (χ4n) is 1.63. The van der Waals surface area contributed by atoms with Crippen molar-refractivity contribution in [2.24, 2.45) is 5.92 Å². The monoisotopic (exact) mass is 268 g/mol. The first-order valence-corrected chi connectivity index (χ1v) is 6.49. The van der Waals surface area contributed by atoms with Gasteiger partial charge in [-0.3, -0.25) is 4.79 Å². The van der Waals surface area contributed by atoms with Crippen LogP contribution in [-0.4, -0.2) is 30.7 Å². The summed E-state index contributed by atoms with van der Waals surface area (Å²) in [7, 11) is 0. The molecule has 5 heteroatoms. The number of anilines is 1. The summed E-state index contributed by atoms with van der Waals surface area (Å²) in [6.45, 7) is 3.02. The van der Waals surface area contributed by atoms with Crippen LogP contribution < -0.4 is 10.6 Å². The Labute approximate surface area is 113 Å². The van der Waals surface area contributed by atoms with Crippen molar-refractivity contribution in [3.05, 3.63) is 30.1 Å². The summed E-state index contributed by atoms with van der Waals surface area (Å²) in [5, 5.41) is 14.3. The van der Waals surface area contributed by atoms with Crippen LogP contribution in [0.5, 0.6) is 0 Å². The minimum atomic E-state index is -0.437. The molecule has 0 aliphatic rings. The average molecular weight is 268 g/mol. The minimum Gasteiger partial charge on any atom is -0.396 e. The van der Waals surface area contributed by atoms with Crippen LogP contribution in [0.25, 0.3) is 0 Å². The summed E-state index contributed by atoms with van der Waals surface area (Å²) in [4.78, 5) is 11.5. The van der Waals surface area contributed by atoms with Crippen molar-refractivity contribution >= 4 is 11.6 Å². The zero-order valence-corrected chi connectivity index (χ0v) is 11.2. The molecule has 0 bridgehead atoms. The van der Waals surface area contributed by atoms with Crippen molar-refractivity contribution < 1.29 is 14.3 Å². The summed E-state index contributed by atoms with van der Waals surface area (Å²) in [5.74, 6) is -0.415. The molecule has 0 aliphatic carbocycles. The number of carbonyl (C=O) groups excluding carboxylic acids is 1. The lowest BCUT2D eigenvalue weighted by atomic mass is 10.1. The van der Waals surface area contributed by atoms with E-state index < -0.39 is 5.82 Å². The summed E-state index contributed by atoms with van der Waals surface area (Å²) in [6, 6.07) is 6.07. The third kappa shape index (κ3) is 6.31. The van der Waals surface area contributed by atoms with Crippen LogP contribution in [0, 0.1) is 11.7 Å². The number of carbonyl (C=O) groups is 1. The van der Waals surface area contributed by atoms with Gasteiger partial charge in [0, 0.05) is 6.61 Å². The van der Waals surface area contributed by atoms with Crippen molar-refractivity contribution in [3.63, 3.8) is 0 Å². The van der Waals surface area contributed by atoms with Crippen molar-refractivity contribution in [2.45, 2.75) is 19.8 Å². The molecule has 4 nitrogen and oxygen atoms in total. The Balaban J connectivity index is 2.17. The highest BCUT2D eigenvalue weighted by atomic mass is 19.1. The lowest BCUT2D eigenvalue weighted by Gasteiger charge is -2.09. The van der Waals surface area contributed by atoms with Crippen molar-refractivity contribution in [3.8, 4) is 0 Å². The van der Waals surface area contributed by atoms with E-state index in [2.05, 4.69) is 10.6 Å². The van der Waals surface area contributed by atoms with Gasteiger partial charge in [-0.15, -0.1) is 0 Å². The summed E-state index contributed by atoms with van der Waals surface area (Å²) < 4.78 is 13.3. The summed E-state index contributed by atoms with van der Waals surface area (Å²) >= 11 is 0. The Morgan fingerprint density at radius 1 is 1.42 bits per heavy atom. The van der Waals surface area contributed by atoms with E-state index in [-0.39, 0.29) is 30.7 Å². The molecule has 1 unspecified atom stereocenters. The van der Waals surface area contributed by atoms with E-state index in [0.29, 0.717) is 6.54 Å². The quantitative estimate of drug-likeness (QED) is 0.630. The van der Waals surface area contributed by atoms with Crippen LogP contribution in [0.4, 0.5) is 10.1 Å². The van der Waals surface area contributed by atoms with Gasteiger partial charge in [-0.05, 0) is 37.4 Å². The van der Waals surface area contributed by atoms with E-state index >= 15 is 0 Å². The number of hydrogen-bond donors (Lipinski definition) is 3. The van der Waals surface area contributed by atoms with E-state index in [1.165, 1.54) is 12.1 Å². The molecule has 3 N–H and O–H groups in total. The van der Waals surface area contributed by atoms with E-state index in [9.17, 15) is 9.18 Å². The Bertz CT molecular complexity index is 399. The first-order valence-electron chi connectivity index (χ1n) is 6.49. The molecule has 1 atom stereocenters. The zero-order valence-electron chi connectivity index (χ0n) is 11.2. The van der Waals surface area contributed by atoms with Gasteiger partial charge in [0.05, 0.1) is 12.2 Å². The highest BCUT2D eigenvalue weighted by Gasteiger charge is 2.05. The van der Waals surface area contributed by atoms with Gasteiger partial charge in [-0.1, -0.05) is 19.1 Å². The predicted octanol–water partition coefficient (Wildman–Crippen LogP) is 1.76. The molecule has 1 aromatic rings. The number of benzene rings is 1. The van der Waals surface area contributed by atoms with E-state index in [1.54, 1.807) is 12.1 Å². The number of aliphatic hydroxyl groups excluding tert-OH is 1. The van der Waals surface area contributed by atoms with Crippen LogP contribution in [0.15, 0.2) is 24.3 Å². The zero-order chi connectivity index (χ0) is 14.1. The number of para-hydroxylation sites is 1. The topological polar surface area (TPSA) is 61.4 Å². The molecule has 0 aromatic heterocycles. The standard InChI is InChI=1S/C14H21FN2O2/c1-11(10-18)5-4-8-16-9-14(19)17-13-7-3-2-6-12(13)15/h2-3,6-7,11,16,18H,4-5,8-10H2,1H3,(H,17,19). The van der Waals surface area contributed by atoms with Gasteiger partial charge in [0.25, 0.3) is 0 Å². The maximum Gasteiger partial charge on any atom is 0.238 e. The number of halogens is 1. The van der Waals surface area contributed by atoms with Gasteiger partial charge in [0.15, 0.2) is 0 Å². The minimum absolute atomic E-state index is 0.155. The van der Waals surface area contributed by atoms with Gasteiger partial charge in [-0.25, -0.2) is 4.39 Å². The molecular formula is C14H21FN2O2. The van der Waals surface area contributed by atoms with Gasteiger partial charge in [-0.2, -0.15) is 0 Å². The summed E-state index contributed by atoms with van der Waals surface area (Å²) in [6.07, 6.45) is 1.81. The van der Waals surface area contributed by atoms with Gasteiger partial charge < -0.3 is 15.7 Å². The predicted molar refractivity (Wildman–Crippen MR) is 73.4 cm³/mol. The smallest absolute Gasteiger partial charge is 0.238 e. The molecule has 0 heterocycles. The second-order valence-corrected chi connectivity index (χ2v) is 4.63. The first kappa shape index (κ1) is 15.6. The maximum absolute atomic E-state index is 13.3. The molecule has 0 saturated heterocycles. The average Bonchev–Trinajstić information content (AvgIpc) is 2.40. The Morgan fingerprint density at radius 2 is 2.16 bits per heavy atom. The second kappa shape index (κ2) is 8.61. The molecule has 0 aliphatic heterocycles. The number of hydrogen-bond acceptors (Lipinski definition) is 3. The molecular weight excluding hydrogens is 247 g/mol. The SMILES string of the molecule is CC(CO)CCCNCC(=O)Nc1ccccc1F. The van der Waals surface area contributed by atoms with E-state index in [1.807, 2.05) is 6.92 Å². The lowest BCUT2D eigenvalue weighted by molar-refractivity contribution is -0.115. The fourth-order valence-corrected chi connectivity index (χ4v) is 1.63. The molecule has 1 amide bonds. The molecule has 0 radical (unpaired) electrons. The second-order valence-electron chi connectivity index (χ2n) is 4.63. The maximum atomic E-state index is 13.3. The number of rotatable bonds is 8. The van der Waals surface area contributed by atoms with Crippen LogP contribution in [0.1, 0.15) is 19.8 Å². The van der Waals surface area contributed by atoms with Crippen LogP contribution in [0.3, 0.4) is 0 Å². The van der Waals surface area contributed by atoms with E-state index in [4.69, 9.17) is 5.11 Å². The highest BCUT2D eigenvalue weighted by molar-refractivity contribution is 5.92. The number of nitrogens with one attached hydrogen (secondary N) is 2. The molecule has 1 aromatic carbocycles. The Morgan fingerprint density at radius 3 is 2.84 bits per heavy atom. The molecule has 19 heavy (non-hydrogen) atoms. The highest BCUT2D eigenvalue weighted by Crippen LogP contribution is 2.11. The number of amides is 1. The summed E-state index contributed by atoms with van der Waals surface area (Å²) in [5.41, 5.74) is 0.197. The van der Waals surface area contributed by atoms with Crippen molar-refractivity contribution in [1.29, 1.82) is 0 Å². The first-order chi connectivity index (χ1) is 9.13. The van der Waals surface area contributed by atoms with Crippen LogP contribution >= 0.6 is 0 Å². The normalized spacial score (nSPS) is 12.2. The fraction of sp³-hybridized carbons (Fsp3) is 0.500. The Hall–Kier alpha value is -1.46. The third-order valence-corrected chi connectivity index (χ3v) is 2.80. The van der Waals surface area contributed by atoms with Gasteiger partial charge in [0.2, 0.25) is 5.91 Å². The third-order valence-electron chi connectivity index (χ3n) is 2.80. The Kier molecular flexibility index (Phi) is 7.07. The molecule has 106 valence electrons. The molecule has 0 saturated carbocycles. The van der Waals surface area contributed by atoms with Gasteiger partial charge >= 0.3 is 0 Å². The van der Waals surface area contributed by atoms with Crippen LogP contribution in [0.2, 0.25) is 0 Å². The van der Waals surface area contributed by atoms with Crippen molar-refractivity contribution in [2.75, 3.05) is 25.0 Å². The molecule has 0 spiro atoms. The van der Waals surface area contributed by atoms with E-state index in [0.717, 1.165) is 12.8 Å². The molecule has 1 rings (SSSR count). The lowest BCUT2D eigenvalue weighted by Crippen LogP contribution is -2.29. The van der Waals surface area contributed by atoms with Crippen molar-refractivity contribution in [1.82, 2.24) is 5.32 Å². The molecule has 0 fully saturated rings. The van der Waals surface area contributed by atoms with Gasteiger partial charge in [0.1, 0.15) is 5.82 Å².